The lowest BCUT2D eigenvalue weighted by atomic mass is 9.84. The number of aromatic nitrogens is 7. The van der Waals surface area contributed by atoms with E-state index in [0.29, 0.717) is 94.6 Å². The zero-order valence-electron chi connectivity index (χ0n) is 39.0. The summed E-state index contributed by atoms with van der Waals surface area (Å²) in [6.07, 6.45) is 8.06. The smallest absolute Gasteiger partial charge is 0.276 e. The summed E-state index contributed by atoms with van der Waals surface area (Å²) in [4.78, 5) is 84.3. The Kier molecular flexibility index (Phi) is 14.2. The van der Waals surface area contributed by atoms with Gasteiger partial charge >= 0.3 is 0 Å². The van der Waals surface area contributed by atoms with Crippen molar-refractivity contribution in [1.82, 2.24) is 43.7 Å². The lowest BCUT2D eigenvalue weighted by Crippen LogP contribution is -2.51. The number of methoxy groups -OCH3 is 1. The summed E-state index contributed by atoms with van der Waals surface area (Å²) in [5.41, 5.74) is 15.3. The third-order valence-corrected chi connectivity index (χ3v) is 13.4. The number of nitrogens with two attached hydrogens (primary N) is 2. The van der Waals surface area contributed by atoms with Crippen LogP contribution in [0.25, 0.3) is 22.1 Å². The molecule has 21 heteroatoms. The minimum Gasteiger partial charge on any atom is -0.494 e. The summed E-state index contributed by atoms with van der Waals surface area (Å²) < 4.78 is 17.3. The number of benzene rings is 2. The molecule has 0 radical (unpaired) electrons. The summed E-state index contributed by atoms with van der Waals surface area (Å²) >= 11 is 1.29. The number of carbonyl (C=O) groups excluding carboxylic acids is 5. The van der Waals surface area contributed by atoms with Crippen molar-refractivity contribution in [2.75, 3.05) is 57.1 Å². The molecule has 1 saturated heterocycles. The monoisotopic (exact) mass is 947 g/mol. The van der Waals surface area contributed by atoms with Crippen molar-refractivity contribution in [3.8, 4) is 11.5 Å². The predicted molar refractivity (Wildman–Crippen MR) is 257 cm³/mol. The zero-order valence-corrected chi connectivity index (χ0v) is 39.8. The van der Waals surface area contributed by atoms with Crippen LogP contribution in [0.5, 0.6) is 11.5 Å². The number of imidazole rings is 2. The van der Waals surface area contributed by atoms with Crippen molar-refractivity contribution < 1.29 is 33.4 Å². The van der Waals surface area contributed by atoms with Gasteiger partial charge in [-0.15, -0.1) is 11.3 Å². The van der Waals surface area contributed by atoms with E-state index in [0.717, 1.165) is 43.9 Å². The molecule has 6 aromatic rings. The first kappa shape index (κ1) is 47.4. The summed E-state index contributed by atoms with van der Waals surface area (Å²) in [6.45, 7) is 12.3. The van der Waals surface area contributed by atoms with Crippen LogP contribution in [0.1, 0.15) is 96.8 Å². The molecule has 4 aromatic heterocycles. The second-order valence-electron chi connectivity index (χ2n) is 16.9. The van der Waals surface area contributed by atoms with Gasteiger partial charge in [-0.25, -0.2) is 15.0 Å². The van der Waals surface area contributed by atoms with E-state index in [2.05, 4.69) is 25.6 Å². The Morgan fingerprint density at radius 1 is 0.809 bits per heavy atom. The number of piperazine rings is 1. The predicted octanol–water partition coefficient (Wildman–Crippen LogP) is 4.92. The Balaban J connectivity index is 1.09. The highest BCUT2D eigenvalue weighted by Crippen LogP contribution is 2.34. The molecule has 1 aliphatic heterocycles. The Hall–Kier alpha value is -7.13. The number of thiazole rings is 1. The molecular formula is C47H57N13O7S. The number of aryl methyl sites for hydroxylation is 4. The third-order valence-electron chi connectivity index (χ3n) is 12.4. The lowest BCUT2D eigenvalue weighted by molar-refractivity contribution is -0.140. The first-order valence-electron chi connectivity index (χ1n) is 22.9. The molecule has 20 nitrogen and oxygen atoms in total. The zero-order chi connectivity index (χ0) is 48.2. The second kappa shape index (κ2) is 20.4. The molecule has 2 aromatic carbocycles. The van der Waals surface area contributed by atoms with Crippen LogP contribution in [0.15, 0.2) is 42.5 Å². The van der Waals surface area contributed by atoms with Crippen LogP contribution in [0.2, 0.25) is 0 Å². The van der Waals surface area contributed by atoms with Gasteiger partial charge < -0.3 is 35.0 Å². The largest absolute Gasteiger partial charge is 0.494 e. The maximum atomic E-state index is 13.9. The summed E-state index contributed by atoms with van der Waals surface area (Å²) in [5, 5.41) is 11.1. The number of allylic oxidation sites excluding steroid dienone is 2. The molecule has 0 bridgehead atoms. The SMILES string of the molecule is CCc1nc(C)sc1C(=O)Nc1nc2cc(C(N)=O)cc(OCCCN3CCN(C(=O)C4CCC4)CC3)c2n1C/C=C/Cn1c(NC(=O)c2cc(C)nn2CC)nc2cc(C(N)=O)cc(OC)c21. The third kappa shape index (κ3) is 9.93. The quantitative estimate of drug-likeness (QED) is 0.0624. The minimum atomic E-state index is -0.669. The van der Waals surface area contributed by atoms with Crippen LogP contribution in [-0.4, -0.2) is 120 Å². The van der Waals surface area contributed by atoms with Gasteiger partial charge in [0.15, 0.2) is 0 Å². The highest BCUT2D eigenvalue weighted by molar-refractivity contribution is 7.13. The molecule has 0 spiro atoms. The normalized spacial score (nSPS) is 14.5. The van der Waals surface area contributed by atoms with E-state index >= 15 is 0 Å². The highest BCUT2D eigenvalue weighted by Gasteiger charge is 2.31. The van der Waals surface area contributed by atoms with E-state index in [-0.39, 0.29) is 53.8 Å². The maximum absolute atomic E-state index is 13.9. The van der Waals surface area contributed by atoms with E-state index in [1.807, 2.05) is 37.8 Å². The molecule has 2 aliphatic rings. The topological polar surface area (TPSA) is 253 Å². The van der Waals surface area contributed by atoms with E-state index < -0.39 is 17.7 Å². The lowest BCUT2D eigenvalue weighted by Gasteiger charge is -2.38. The van der Waals surface area contributed by atoms with Crippen molar-refractivity contribution in [2.24, 2.45) is 17.4 Å². The van der Waals surface area contributed by atoms with Crippen molar-refractivity contribution >= 4 is 74.8 Å². The number of nitrogens with one attached hydrogen (secondary N) is 2. The van der Waals surface area contributed by atoms with Crippen LogP contribution < -0.4 is 31.6 Å². The first-order chi connectivity index (χ1) is 32.8. The van der Waals surface area contributed by atoms with Crippen molar-refractivity contribution in [3.63, 3.8) is 0 Å². The molecule has 358 valence electrons. The molecule has 5 amide bonds. The minimum absolute atomic E-state index is 0.164. The average Bonchev–Trinajstić information content (AvgIpc) is 4.07. The fraction of sp³-hybridized carbons (Fsp3) is 0.426. The van der Waals surface area contributed by atoms with Crippen LogP contribution in [0.4, 0.5) is 11.9 Å². The van der Waals surface area contributed by atoms with Gasteiger partial charge in [0.1, 0.15) is 33.1 Å². The van der Waals surface area contributed by atoms with Crippen molar-refractivity contribution in [3.05, 3.63) is 80.6 Å². The van der Waals surface area contributed by atoms with Gasteiger partial charge in [-0.3, -0.25) is 44.2 Å². The fourth-order valence-corrected chi connectivity index (χ4v) is 9.58. The number of nitrogens with zero attached hydrogens (tertiary/aromatic N) is 9. The fourth-order valence-electron chi connectivity index (χ4n) is 8.67. The molecule has 1 aliphatic carbocycles. The number of hydrogen-bond acceptors (Lipinski definition) is 13. The molecule has 6 N–H and O–H groups in total. The number of ether oxygens (including phenoxy) is 2. The average molecular weight is 948 g/mol. The number of hydrogen-bond donors (Lipinski definition) is 4. The summed E-state index contributed by atoms with van der Waals surface area (Å²) in [7, 11) is 1.47. The van der Waals surface area contributed by atoms with E-state index in [9.17, 15) is 24.0 Å². The van der Waals surface area contributed by atoms with E-state index in [4.69, 9.17) is 30.9 Å². The van der Waals surface area contributed by atoms with Gasteiger partial charge in [0, 0.05) is 69.4 Å². The van der Waals surface area contributed by atoms with Gasteiger partial charge in [-0.1, -0.05) is 25.5 Å². The van der Waals surface area contributed by atoms with Crippen molar-refractivity contribution in [1.29, 1.82) is 0 Å². The number of fused-ring (bicyclic) bond motifs is 2. The van der Waals surface area contributed by atoms with Crippen LogP contribution >= 0.6 is 11.3 Å². The number of primary amides is 2. The Bertz CT molecular complexity index is 2940. The Morgan fingerprint density at radius 3 is 1.97 bits per heavy atom. The molecule has 8 rings (SSSR count). The molecule has 5 heterocycles. The Labute approximate surface area is 396 Å². The van der Waals surface area contributed by atoms with Gasteiger partial charge in [0.25, 0.3) is 11.8 Å². The van der Waals surface area contributed by atoms with Gasteiger partial charge in [0.05, 0.1) is 41.1 Å². The van der Waals surface area contributed by atoms with E-state index in [1.165, 1.54) is 24.5 Å². The number of rotatable bonds is 19. The first-order valence-corrected chi connectivity index (χ1v) is 23.7. The Morgan fingerprint density at radius 2 is 1.41 bits per heavy atom. The summed E-state index contributed by atoms with van der Waals surface area (Å²) in [6, 6.07) is 7.92. The number of carbonyl (C=O) groups is 5. The van der Waals surface area contributed by atoms with E-state index in [1.54, 1.807) is 45.0 Å². The molecular weight excluding hydrogens is 891 g/mol. The van der Waals surface area contributed by atoms with Gasteiger partial charge in [0.2, 0.25) is 29.6 Å². The van der Waals surface area contributed by atoms with Crippen LogP contribution in [-0.2, 0) is 30.8 Å². The maximum Gasteiger partial charge on any atom is 0.276 e. The highest BCUT2D eigenvalue weighted by atomic mass is 32.1. The van der Waals surface area contributed by atoms with Crippen LogP contribution in [0.3, 0.4) is 0 Å². The van der Waals surface area contributed by atoms with Crippen molar-refractivity contribution in [2.45, 2.75) is 79.4 Å². The molecule has 1 saturated carbocycles. The molecule has 0 unspecified atom stereocenters. The molecule has 0 atom stereocenters. The van der Waals surface area contributed by atoms with Crippen LogP contribution in [0, 0.1) is 19.8 Å². The number of anilines is 2. The van der Waals surface area contributed by atoms with Gasteiger partial charge in [-0.05, 0) is 76.8 Å². The molecule has 2 fully saturated rings. The second-order valence-corrected chi connectivity index (χ2v) is 18.1. The summed E-state index contributed by atoms with van der Waals surface area (Å²) in [5.74, 6) is -0.623. The standard InChI is InChI=1S/C47H57N13O7S/c1-6-32-40(68-28(4)50-32)44(64)54-47-52-34-24-31(42(49)62)26-37(67-21-11-14-56-17-19-57(20-18-56)45(65)29-12-10-13-29)39(34)59(47)16-9-8-15-58-38-33(23-30(41(48)61)25-36(38)66-5)51-46(58)53-43(63)35-22-27(3)55-60(35)7-2/h8-9,22-26,29H,6-7,10-21H2,1-5H3,(H2,48,61)(H2,49,62)(H,51,53,63)(H,52,54,64)/b9-8+. The van der Waals surface area contributed by atoms with Gasteiger partial charge in [-0.2, -0.15) is 5.10 Å². The molecule has 68 heavy (non-hydrogen) atoms. The number of amides is 5.